The molecule has 2 aromatic carbocycles. The van der Waals surface area contributed by atoms with Crippen molar-refractivity contribution in [3.05, 3.63) is 64.1 Å². The molecule has 2 heterocycles. The number of ether oxygens (including phenoxy) is 2. The highest BCUT2D eigenvalue weighted by Crippen LogP contribution is 2.35. The number of imide groups is 1. The van der Waals surface area contributed by atoms with Gasteiger partial charge >= 0.3 is 0 Å². The Morgan fingerprint density at radius 3 is 2.59 bits per heavy atom. The maximum absolute atomic E-state index is 12.8. The molecule has 0 saturated carbocycles. The quantitative estimate of drug-likeness (QED) is 0.513. The van der Waals surface area contributed by atoms with E-state index in [-0.39, 0.29) is 17.4 Å². The molecule has 0 bridgehead atoms. The van der Waals surface area contributed by atoms with E-state index in [2.05, 4.69) is 6.07 Å². The SMILES string of the molecule is CCOc1cc(/C=C2\SC(=O)N(CC(=O)N3CCCC3)C2=O)ccc1OCc1cccc(C)c1. The lowest BCUT2D eigenvalue weighted by Crippen LogP contribution is -2.40. The molecule has 8 heteroatoms. The summed E-state index contributed by atoms with van der Waals surface area (Å²) < 4.78 is 11.7. The van der Waals surface area contributed by atoms with E-state index in [9.17, 15) is 14.4 Å². The van der Waals surface area contributed by atoms with Gasteiger partial charge in [0.15, 0.2) is 11.5 Å². The second-order valence-electron chi connectivity index (χ2n) is 8.27. The number of rotatable bonds is 8. The van der Waals surface area contributed by atoms with E-state index in [1.807, 2.05) is 38.1 Å². The van der Waals surface area contributed by atoms with Gasteiger partial charge in [0.05, 0.1) is 11.5 Å². The number of thioether (sulfide) groups is 1. The van der Waals surface area contributed by atoms with Crippen molar-refractivity contribution in [3.8, 4) is 11.5 Å². The highest BCUT2D eigenvalue weighted by molar-refractivity contribution is 8.18. The van der Waals surface area contributed by atoms with E-state index in [4.69, 9.17) is 9.47 Å². The molecule has 0 atom stereocenters. The van der Waals surface area contributed by atoms with Crippen LogP contribution in [0.3, 0.4) is 0 Å². The monoisotopic (exact) mass is 480 g/mol. The van der Waals surface area contributed by atoms with E-state index in [0.29, 0.717) is 43.4 Å². The lowest BCUT2D eigenvalue weighted by Gasteiger charge is -2.18. The molecule has 2 aliphatic rings. The van der Waals surface area contributed by atoms with Crippen LogP contribution >= 0.6 is 11.8 Å². The van der Waals surface area contributed by atoms with Gasteiger partial charge in [-0.3, -0.25) is 19.3 Å². The molecule has 4 rings (SSSR count). The minimum Gasteiger partial charge on any atom is -0.490 e. The predicted molar refractivity (Wildman–Crippen MR) is 132 cm³/mol. The lowest BCUT2D eigenvalue weighted by molar-refractivity contribution is -0.135. The van der Waals surface area contributed by atoms with Gasteiger partial charge in [0, 0.05) is 13.1 Å². The number of benzene rings is 2. The highest BCUT2D eigenvalue weighted by Gasteiger charge is 2.37. The molecule has 0 N–H and O–H groups in total. The van der Waals surface area contributed by atoms with Crippen LogP contribution in [0.15, 0.2) is 47.4 Å². The number of aryl methyl sites for hydroxylation is 1. The minimum absolute atomic E-state index is 0.185. The van der Waals surface area contributed by atoms with Crippen molar-refractivity contribution in [3.63, 3.8) is 0 Å². The average molecular weight is 481 g/mol. The fraction of sp³-hybridized carbons (Fsp3) is 0.346. The van der Waals surface area contributed by atoms with Gasteiger partial charge in [0.2, 0.25) is 5.91 Å². The number of carbonyl (C=O) groups is 3. The van der Waals surface area contributed by atoms with Crippen LogP contribution in [0.1, 0.15) is 36.5 Å². The van der Waals surface area contributed by atoms with Crippen molar-refractivity contribution in [2.45, 2.75) is 33.3 Å². The number of nitrogens with zero attached hydrogens (tertiary/aromatic N) is 2. The van der Waals surface area contributed by atoms with Gasteiger partial charge in [-0.2, -0.15) is 0 Å². The van der Waals surface area contributed by atoms with Crippen molar-refractivity contribution in [2.75, 3.05) is 26.2 Å². The van der Waals surface area contributed by atoms with Gasteiger partial charge in [-0.1, -0.05) is 35.9 Å². The van der Waals surface area contributed by atoms with Crippen molar-refractivity contribution in [2.24, 2.45) is 0 Å². The average Bonchev–Trinajstić information content (AvgIpc) is 3.44. The number of hydrogen-bond donors (Lipinski definition) is 0. The third-order valence-corrected chi connectivity index (χ3v) is 6.58. The zero-order chi connectivity index (χ0) is 24.1. The van der Waals surface area contributed by atoms with Crippen LogP contribution in [0.5, 0.6) is 11.5 Å². The maximum Gasteiger partial charge on any atom is 0.294 e. The van der Waals surface area contributed by atoms with Gasteiger partial charge in [-0.15, -0.1) is 0 Å². The largest absolute Gasteiger partial charge is 0.490 e. The van der Waals surface area contributed by atoms with Crippen molar-refractivity contribution < 1.29 is 23.9 Å². The Hall–Kier alpha value is -3.26. The summed E-state index contributed by atoms with van der Waals surface area (Å²) in [6.07, 6.45) is 3.57. The molecule has 2 saturated heterocycles. The summed E-state index contributed by atoms with van der Waals surface area (Å²) in [6.45, 7) is 5.95. The Bertz CT molecular complexity index is 1120. The smallest absolute Gasteiger partial charge is 0.294 e. The fourth-order valence-corrected chi connectivity index (χ4v) is 4.79. The first-order chi connectivity index (χ1) is 16.4. The molecule has 0 aliphatic carbocycles. The van der Waals surface area contributed by atoms with E-state index in [0.717, 1.165) is 40.6 Å². The molecule has 2 fully saturated rings. The van der Waals surface area contributed by atoms with Gasteiger partial charge in [-0.05, 0) is 67.8 Å². The molecule has 0 unspecified atom stereocenters. The van der Waals surface area contributed by atoms with E-state index >= 15 is 0 Å². The minimum atomic E-state index is -0.444. The van der Waals surface area contributed by atoms with Gasteiger partial charge in [0.1, 0.15) is 13.2 Å². The van der Waals surface area contributed by atoms with Gasteiger partial charge in [-0.25, -0.2) is 0 Å². The van der Waals surface area contributed by atoms with Crippen molar-refractivity contribution in [1.29, 1.82) is 0 Å². The normalized spacial score (nSPS) is 17.1. The maximum atomic E-state index is 12.8. The number of likely N-dealkylation sites (tertiary alicyclic amines) is 1. The molecular weight excluding hydrogens is 452 g/mol. The van der Waals surface area contributed by atoms with E-state index in [1.54, 1.807) is 23.1 Å². The summed E-state index contributed by atoms with van der Waals surface area (Å²) in [5, 5.41) is -0.424. The first kappa shape index (κ1) is 23.9. The predicted octanol–water partition coefficient (Wildman–Crippen LogP) is 4.63. The summed E-state index contributed by atoms with van der Waals surface area (Å²) in [7, 11) is 0. The molecule has 3 amide bonds. The topological polar surface area (TPSA) is 76.2 Å². The van der Waals surface area contributed by atoms with Crippen LogP contribution in [-0.4, -0.2) is 53.1 Å². The molecule has 2 aromatic rings. The zero-order valence-electron chi connectivity index (χ0n) is 19.4. The third-order valence-electron chi connectivity index (χ3n) is 5.67. The number of amides is 3. The first-order valence-corrected chi connectivity index (χ1v) is 12.2. The van der Waals surface area contributed by atoms with Crippen LogP contribution in [0, 0.1) is 6.92 Å². The molecule has 178 valence electrons. The Morgan fingerprint density at radius 1 is 1.06 bits per heavy atom. The van der Waals surface area contributed by atoms with Crippen LogP contribution < -0.4 is 9.47 Å². The molecule has 34 heavy (non-hydrogen) atoms. The second-order valence-corrected chi connectivity index (χ2v) is 9.27. The molecule has 7 nitrogen and oxygen atoms in total. The first-order valence-electron chi connectivity index (χ1n) is 11.4. The summed E-state index contributed by atoms with van der Waals surface area (Å²) in [5.41, 5.74) is 2.93. The Labute approximate surface area is 203 Å². The molecular formula is C26H28N2O5S. The third kappa shape index (κ3) is 5.62. The Balaban J connectivity index is 1.47. The lowest BCUT2D eigenvalue weighted by atomic mass is 10.1. The van der Waals surface area contributed by atoms with Crippen LogP contribution in [0.2, 0.25) is 0 Å². The Kier molecular flexibility index (Phi) is 7.57. The molecule has 0 spiro atoms. The van der Waals surface area contributed by atoms with E-state index < -0.39 is 11.1 Å². The number of carbonyl (C=O) groups excluding carboxylic acids is 3. The molecule has 0 aromatic heterocycles. The van der Waals surface area contributed by atoms with Gasteiger partial charge in [0.25, 0.3) is 11.1 Å². The number of hydrogen-bond acceptors (Lipinski definition) is 6. The summed E-state index contributed by atoms with van der Waals surface area (Å²) in [4.78, 5) is 40.7. The van der Waals surface area contributed by atoms with Crippen LogP contribution in [-0.2, 0) is 16.2 Å². The summed E-state index contributed by atoms with van der Waals surface area (Å²) >= 11 is 0.849. The van der Waals surface area contributed by atoms with Crippen molar-refractivity contribution >= 4 is 34.9 Å². The molecule has 2 aliphatic heterocycles. The van der Waals surface area contributed by atoms with Crippen molar-refractivity contribution in [1.82, 2.24) is 9.80 Å². The van der Waals surface area contributed by atoms with Crippen LogP contribution in [0.25, 0.3) is 6.08 Å². The summed E-state index contributed by atoms with van der Waals surface area (Å²) in [5.74, 6) is 0.534. The molecule has 0 radical (unpaired) electrons. The fourth-order valence-electron chi connectivity index (χ4n) is 3.95. The van der Waals surface area contributed by atoms with Gasteiger partial charge < -0.3 is 14.4 Å². The standard InChI is InChI=1S/C26H28N2O5S/c1-3-32-22-14-19(9-10-21(22)33-17-20-8-6-7-18(2)13-20)15-23-25(30)28(26(31)34-23)16-24(29)27-11-4-5-12-27/h6-10,13-15H,3-5,11-12,16-17H2,1-2H3/b23-15-. The zero-order valence-corrected chi connectivity index (χ0v) is 20.2. The Morgan fingerprint density at radius 2 is 1.85 bits per heavy atom. The highest BCUT2D eigenvalue weighted by atomic mass is 32.2. The van der Waals surface area contributed by atoms with E-state index in [1.165, 1.54) is 0 Å². The summed E-state index contributed by atoms with van der Waals surface area (Å²) in [6, 6.07) is 13.5. The van der Waals surface area contributed by atoms with Crippen LogP contribution in [0.4, 0.5) is 4.79 Å². The second kappa shape index (κ2) is 10.8.